The molecule has 5 nitrogen and oxygen atoms in total. The highest BCUT2D eigenvalue weighted by molar-refractivity contribution is 6.30. The van der Waals surface area contributed by atoms with Crippen LogP contribution in [-0.2, 0) is 9.59 Å². The first-order chi connectivity index (χ1) is 10.6. The number of aldehydes is 1. The van der Waals surface area contributed by atoms with Crippen molar-refractivity contribution in [1.82, 2.24) is 4.98 Å². The summed E-state index contributed by atoms with van der Waals surface area (Å²) in [4.78, 5) is 29.1. The Hall–Kier alpha value is -2.66. The summed E-state index contributed by atoms with van der Waals surface area (Å²) in [6, 6.07) is 11.1. The summed E-state index contributed by atoms with van der Waals surface area (Å²) in [5.74, 6) is -0.850. The zero-order chi connectivity index (χ0) is 15.7. The lowest BCUT2D eigenvalue weighted by Gasteiger charge is -2.24. The Morgan fingerprint density at radius 1 is 1.18 bits per heavy atom. The third-order valence-electron chi connectivity index (χ3n) is 3.46. The van der Waals surface area contributed by atoms with Gasteiger partial charge in [0.15, 0.2) is 12.0 Å². The van der Waals surface area contributed by atoms with Crippen molar-refractivity contribution in [2.45, 2.75) is 6.04 Å². The molecule has 0 radical (unpaired) electrons. The molecule has 1 unspecified atom stereocenters. The molecule has 2 aromatic rings. The number of carbonyl (C=O) groups is 2. The molecule has 1 aromatic heterocycles. The van der Waals surface area contributed by atoms with Gasteiger partial charge in [0, 0.05) is 11.2 Å². The van der Waals surface area contributed by atoms with E-state index in [1.165, 1.54) is 11.1 Å². The number of rotatable bonds is 3. The van der Waals surface area contributed by atoms with E-state index in [0.29, 0.717) is 22.7 Å². The van der Waals surface area contributed by atoms with Crippen LogP contribution < -0.4 is 4.90 Å². The normalized spacial score (nSPS) is 18.0. The fraction of sp³-hybridized carbons (Fsp3) is 0.0625. The van der Waals surface area contributed by atoms with Gasteiger partial charge >= 0.3 is 0 Å². The molecule has 0 bridgehead atoms. The van der Waals surface area contributed by atoms with Crippen molar-refractivity contribution >= 4 is 29.6 Å². The van der Waals surface area contributed by atoms with Gasteiger partial charge in [-0.05, 0) is 29.8 Å². The van der Waals surface area contributed by atoms with Crippen LogP contribution >= 0.6 is 11.6 Å². The molecule has 2 heterocycles. The molecule has 1 N–H and O–H groups in total. The van der Waals surface area contributed by atoms with Crippen LogP contribution in [-0.4, -0.2) is 22.3 Å². The van der Waals surface area contributed by atoms with E-state index in [1.807, 2.05) is 0 Å². The van der Waals surface area contributed by atoms with Gasteiger partial charge in [0.2, 0.25) is 0 Å². The first kappa shape index (κ1) is 14.3. The van der Waals surface area contributed by atoms with E-state index in [-0.39, 0.29) is 5.57 Å². The number of halogens is 1. The third-order valence-corrected chi connectivity index (χ3v) is 3.71. The molecule has 1 aliphatic heterocycles. The van der Waals surface area contributed by atoms with Crippen molar-refractivity contribution in [2.75, 3.05) is 4.90 Å². The highest BCUT2D eigenvalue weighted by atomic mass is 35.5. The van der Waals surface area contributed by atoms with Gasteiger partial charge in [0.05, 0.1) is 11.6 Å². The van der Waals surface area contributed by atoms with E-state index in [2.05, 4.69) is 4.98 Å². The molecule has 1 aliphatic rings. The predicted molar refractivity (Wildman–Crippen MR) is 81.6 cm³/mol. The molecule has 1 atom stereocenters. The highest BCUT2D eigenvalue weighted by Crippen LogP contribution is 2.38. The maximum atomic E-state index is 12.3. The number of carbonyl (C=O) groups excluding carboxylic acids is 2. The SMILES string of the molecule is O=CC1=C(O)C(=O)N(c2ccccn2)C1c1ccc(Cl)cc1. The maximum absolute atomic E-state index is 12.3. The minimum absolute atomic E-state index is 0.0120. The molecule has 1 amide bonds. The van der Waals surface area contributed by atoms with Crippen LogP contribution in [0.15, 0.2) is 60.0 Å². The maximum Gasteiger partial charge on any atom is 0.295 e. The van der Waals surface area contributed by atoms with Crippen molar-refractivity contribution in [3.05, 3.63) is 70.6 Å². The van der Waals surface area contributed by atoms with E-state index >= 15 is 0 Å². The molecule has 1 aromatic carbocycles. The number of aromatic nitrogens is 1. The fourth-order valence-electron chi connectivity index (χ4n) is 2.45. The fourth-order valence-corrected chi connectivity index (χ4v) is 2.58. The molecule has 22 heavy (non-hydrogen) atoms. The molecular weight excluding hydrogens is 304 g/mol. The summed E-state index contributed by atoms with van der Waals surface area (Å²) in [6.07, 6.45) is 2.03. The van der Waals surface area contributed by atoms with E-state index in [0.717, 1.165) is 0 Å². The van der Waals surface area contributed by atoms with Crippen LogP contribution in [0.25, 0.3) is 0 Å². The van der Waals surface area contributed by atoms with Crippen molar-refractivity contribution in [1.29, 1.82) is 0 Å². The van der Waals surface area contributed by atoms with E-state index in [1.54, 1.807) is 42.5 Å². The molecule has 0 saturated heterocycles. The van der Waals surface area contributed by atoms with E-state index in [9.17, 15) is 14.7 Å². The van der Waals surface area contributed by atoms with Gasteiger partial charge in [-0.3, -0.25) is 14.5 Å². The summed E-state index contributed by atoms with van der Waals surface area (Å²) in [7, 11) is 0. The second-order valence-electron chi connectivity index (χ2n) is 4.74. The van der Waals surface area contributed by atoms with Crippen molar-refractivity contribution in [3.63, 3.8) is 0 Å². The number of nitrogens with zero attached hydrogens (tertiary/aromatic N) is 2. The number of hydrogen-bond acceptors (Lipinski definition) is 4. The molecule has 0 saturated carbocycles. The summed E-state index contributed by atoms with van der Waals surface area (Å²) >= 11 is 5.88. The Morgan fingerprint density at radius 2 is 1.91 bits per heavy atom. The average Bonchev–Trinajstić information content (AvgIpc) is 2.80. The molecule has 0 fully saturated rings. The lowest BCUT2D eigenvalue weighted by molar-refractivity contribution is -0.117. The second-order valence-corrected chi connectivity index (χ2v) is 5.18. The lowest BCUT2D eigenvalue weighted by atomic mass is 10.0. The average molecular weight is 315 g/mol. The Kier molecular flexibility index (Phi) is 3.65. The summed E-state index contributed by atoms with van der Waals surface area (Å²) < 4.78 is 0. The number of pyridine rings is 1. The van der Waals surface area contributed by atoms with Crippen LogP contribution in [0.4, 0.5) is 5.82 Å². The minimum Gasteiger partial charge on any atom is -0.503 e. The predicted octanol–water partition coefficient (Wildman–Crippen LogP) is 2.83. The molecule has 6 heteroatoms. The van der Waals surface area contributed by atoms with Gasteiger partial charge in [-0.2, -0.15) is 0 Å². The Bertz CT molecular complexity index is 757. The van der Waals surface area contributed by atoms with Crippen LogP contribution in [0.1, 0.15) is 11.6 Å². The topological polar surface area (TPSA) is 70.5 Å². The summed E-state index contributed by atoms with van der Waals surface area (Å²) in [6.45, 7) is 0. The monoisotopic (exact) mass is 314 g/mol. The number of aliphatic hydroxyl groups is 1. The number of hydrogen-bond donors (Lipinski definition) is 1. The van der Waals surface area contributed by atoms with E-state index in [4.69, 9.17) is 11.6 Å². The zero-order valence-electron chi connectivity index (χ0n) is 11.3. The quantitative estimate of drug-likeness (QED) is 0.884. The largest absolute Gasteiger partial charge is 0.503 e. The lowest BCUT2D eigenvalue weighted by Crippen LogP contribution is -2.31. The van der Waals surface area contributed by atoms with Crippen LogP contribution in [0, 0.1) is 0 Å². The van der Waals surface area contributed by atoms with E-state index < -0.39 is 17.7 Å². The minimum atomic E-state index is -0.725. The summed E-state index contributed by atoms with van der Waals surface area (Å²) in [5, 5.41) is 10.5. The van der Waals surface area contributed by atoms with Gasteiger partial charge in [0.25, 0.3) is 5.91 Å². The highest BCUT2D eigenvalue weighted by Gasteiger charge is 2.41. The van der Waals surface area contributed by atoms with Gasteiger partial charge in [-0.25, -0.2) is 4.98 Å². The Balaban J connectivity index is 2.14. The van der Waals surface area contributed by atoms with Crippen molar-refractivity contribution in [2.24, 2.45) is 0 Å². The van der Waals surface area contributed by atoms with Crippen LogP contribution in [0.5, 0.6) is 0 Å². The number of amides is 1. The Morgan fingerprint density at radius 3 is 2.50 bits per heavy atom. The Labute approximate surface area is 131 Å². The van der Waals surface area contributed by atoms with Crippen molar-refractivity contribution in [3.8, 4) is 0 Å². The van der Waals surface area contributed by atoms with Gasteiger partial charge in [0.1, 0.15) is 5.82 Å². The number of aliphatic hydroxyl groups excluding tert-OH is 1. The third kappa shape index (κ3) is 2.25. The standard InChI is InChI=1S/C16H11ClN2O3/c17-11-6-4-10(5-7-11)14-12(9-20)15(21)16(22)19(14)13-3-1-2-8-18-13/h1-9,14,21H. The molecule has 0 aliphatic carbocycles. The second kappa shape index (κ2) is 5.61. The van der Waals surface area contributed by atoms with Gasteiger partial charge in [-0.1, -0.05) is 29.8 Å². The smallest absolute Gasteiger partial charge is 0.295 e. The number of anilines is 1. The van der Waals surface area contributed by atoms with Crippen molar-refractivity contribution < 1.29 is 14.7 Å². The van der Waals surface area contributed by atoms with Gasteiger partial charge in [-0.15, -0.1) is 0 Å². The first-order valence-electron chi connectivity index (χ1n) is 6.52. The van der Waals surface area contributed by atoms with Crippen LogP contribution in [0.2, 0.25) is 5.02 Å². The van der Waals surface area contributed by atoms with Gasteiger partial charge < -0.3 is 5.11 Å². The first-order valence-corrected chi connectivity index (χ1v) is 6.89. The molecule has 0 spiro atoms. The zero-order valence-corrected chi connectivity index (χ0v) is 12.1. The van der Waals surface area contributed by atoms with Crippen LogP contribution in [0.3, 0.4) is 0 Å². The summed E-state index contributed by atoms with van der Waals surface area (Å²) in [5.41, 5.74) is 0.674. The number of benzene rings is 1. The molecular formula is C16H11ClN2O3. The molecule has 3 rings (SSSR count). The molecule has 110 valence electrons.